The third kappa shape index (κ3) is 6.85. The van der Waals surface area contributed by atoms with E-state index in [1.54, 1.807) is 0 Å². The maximum Gasteiger partial charge on any atom is 0.0618 e. The average Bonchev–Trinajstić information content (AvgIpc) is 3.25. The van der Waals surface area contributed by atoms with E-state index in [9.17, 15) is 0 Å². The number of para-hydroxylation sites is 2. The molecule has 0 amide bonds. The third-order valence-electron chi connectivity index (χ3n) is 10.6. The van der Waals surface area contributed by atoms with Crippen molar-refractivity contribution in [3.05, 3.63) is 229 Å². The molecular formula is C54H42N2. The highest BCUT2D eigenvalue weighted by molar-refractivity contribution is 6.22. The summed E-state index contributed by atoms with van der Waals surface area (Å²) < 4.78 is 0. The van der Waals surface area contributed by atoms with Gasteiger partial charge in [0.2, 0.25) is 0 Å². The lowest BCUT2D eigenvalue weighted by Crippen LogP contribution is -2.11. The van der Waals surface area contributed by atoms with Crippen LogP contribution in [0.3, 0.4) is 0 Å². The number of fused-ring (bicyclic) bond motifs is 2. The number of aryl methyl sites for hydroxylation is 2. The van der Waals surface area contributed by atoms with Crippen LogP contribution in [0.25, 0.3) is 44.8 Å². The molecule has 9 aromatic rings. The molecule has 268 valence electrons. The fourth-order valence-corrected chi connectivity index (χ4v) is 7.74. The van der Waals surface area contributed by atoms with Gasteiger partial charge in [-0.25, -0.2) is 0 Å². The van der Waals surface area contributed by atoms with E-state index in [1.807, 2.05) is 0 Å². The molecule has 2 heteroatoms. The zero-order chi connectivity index (χ0) is 37.8. The van der Waals surface area contributed by atoms with E-state index in [1.165, 1.54) is 49.5 Å². The molecular weight excluding hydrogens is 677 g/mol. The van der Waals surface area contributed by atoms with Gasteiger partial charge in [0, 0.05) is 39.2 Å². The molecule has 0 bridgehead atoms. The minimum absolute atomic E-state index is 1.12. The standard InChI is InChI=1S/C54H42N2/c1-39-21-33-47(34-22-39)56(48-35-23-40(2)24-36-48)54-51-19-11-9-17-49(51)53(50-18-10-12-20-52(50)54)43-31-27-41(28-32-43)25-26-42-29-37-46(38-30-42)55(44-13-5-3-6-14-44)45-15-7-4-8-16-45/h3-38H,1-2H3. The van der Waals surface area contributed by atoms with Crippen LogP contribution in [0.5, 0.6) is 0 Å². The van der Waals surface area contributed by atoms with Gasteiger partial charge in [-0.3, -0.25) is 0 Å². The molecule has 9 aromatic carbocycles. The van der Waals surface area contributed by atoms with Crippen molar-refractivity contribution >= 4 is 67.8 Å². The molecule has 2 nitrogen and oxygen atoms in total. The minimum atomic E-state index is 1.12. The zero-order valence-electron chi connectivity index (χ0n) is 31.7. The lowest BCUT2D eigenvalue weighted by atomic mass is 9.89. The topological polar surface area (TPSA) is 6.48 Å². The maximum atomic E-state index is 2.43. The van der Waals surface area contributed by atoms with Gasteiger partial charge in [-0.15, -0.1) is 0 Å². The van der Waals surface area contributed by atoms with Gasteiger partial charge in [0.05, 0.1) is 5.69 Å². The molecule has 0 spiro atoms. The van der Waals surface area contributed by atoms with Gasteiger partial charge in [0.25, 0.3) is 0 Å². The molecule has 0 heterocycles. The summed E-state index contributed by atoms with van der Waals surface area (Å²) in [6, 6.07) is 74.3. The quantitative estimate of drug-likeness (QED) is 0.108. The first-order chi connectivity index (χ1) is 27.6. The van der Waals surface area contributed by atoms with Gasteiger partial charge in [-0.2, -0.15) is 0 Å². The van der Waals surface area contributed by atoms with Gasteiger partial charge in [-0.1, -0.05) is 169 Å². The highest BCUT2D eigenvalue weighted by Crippen LogP contribution is 2.48. The Morgan fingerprint density at radius 2 is 0.643 bits per heavy atom. The van der Waals surface area contributed by atoms with E-state index in [4.69, 9.17) is 0 Å². The fraction of sp³-hybridized carbons (Fsp3) is 0.0370. The fourth-order valence-electron chi connectivity index (χ4n) is 7.74. The van der Waals surface area contributed by atoms with E-state index >= 15 is 0 Å². The SMILES string of the molecule is Cc1ccc(N(c2ccc(C)cc2)c2c3ccccc3c(-c3ccc(C=Cc4ccc(N(c5ccccc5)c5ccccc5)cc4)cc3)c3ccccc23)cc1. The second-order valence-corrected chi connectivity index (χ2v) is 14.4. The van der Waals surface area contributed by atoms with Crippen LogP contribution in [0.15, 0.2) is 206 Å². The Hall–Kier alpha value is -7.16. The summed E-state index contributed by atoms with van der Waals surface area (Å²) in [5.41, 5.74) is 14.1. The normalized spacial score (nSPS) is 11.3. The first-order valence-electron chi connectivity index (χ1n) is 19.3. The summed E-state index contributed by atoms with van der Waals surface area (Å²) >= 11 is 0. The van der Waals surface area contributed by atoms with Crippen LogP contribution < -0.4 is 9.80 Å². The lowest BCUT2D eigenvalue weighted by molar-refractivity contribution is 1.28. The average molecular weight is 719 g/mol. The predicted molar refractivity (Wildman–Crippen MR) is 241 cm³/mol. The van der Waals surface area contributed by atoms with E-state index in [-0.39, 0.29) is 0 Å². The van der Waals surface area contributed by atoms with Crippen molar-refractivity contribution < 1.29 is 0 Å². The van der Waals surface area contributed by atoms with Crippen molar-refractivity contribution in [2.45, 2.75) is 13.8 Å². The van der Waals surface area contributed by atoms with Gasteiger partial charge in [0.15, 0.2) is 0 Å². The van der Waals surface area contributed by atoms with Crippen LogP contribution in [-0.2, 0) is 0 Å². The number of rotatable bonds is 9. The Morgan fingerprint density at radius 3 is 1.09 bits per heavy atom. The summed E-state index contributed by atoms with van der Waals surface area (Å²) in [5, 5.41) is 4.89. The number of nitrogens with zero attached hydrogens (tertiary/aromatic N) is 2. The monoisotopic (exact) mass is 718 g/mol. The number of hydrogen-bond donors (Lipinski definition) is 0. The van der Waals surface area contributed by atoms with Crippen LogP contribution in [-0.4, -0.2) is 0 Å². The number of hydrogen-bond acceptors (Lipinski definition) is 2. The molecule has 0 radical (unpaired) electrons. The summed E-state index contributed by atoms with van der Waals surface area (Å²) in [4.78, 5) is 4.71. The molecule has 0 N–H and O–H groups in total. The second kappa shape index (κ2) is 15.3. The zero-order valence-corrected chi connectivity index (χ0v) is 31.7. The molecule has 9 rings (SSSR count). The summed E-state index contributed by atoms with van der Waals surface area (Å²) in [7, 11) is 0. The Labute approximate surface area is 329 Å². The molecule has 0 fully saturated rings. The number of benzene rings is 9. The van der Waals surface area contributed by atoms with Crippen molar-refractivity contribution in [3.8, 4) is 11.1 Å². The Morgan fingerprint density at radius 1 is 0.304 bits per heavy atom. The summed E-state index contributed by atoms with van der Waals surface area (Å²) in [6.45, 7) is 4.29. The van der Waals surface area contributed by atoms with Crippen molar-refractivity contribution in [1.29, 1.82) is 0 Å². The molecule has 0 atom stereocenters. The van der Waals surface area contributed by atoms with Crippen molar-refractivity contribution in [1.82, 2.24) is 0 Å². The van der Waals surface area contributed by atoms with Crippen LogP contribution in [0, 0.1) is 13.8 Å². The summed E-state index contributed by atoms with van der Waals surface area (Å²) in [6.07, 6.45) is 4.39. The molecule has 56 heavy (non-hydrogen) atoms. The van der Waals surface area contributed by atoms with Crippen LogP contribution in [0.1, 0.15) is 22.3 Å². The molecule has 0 aromatic heterocycles. The van der Waals surface area contributed by atoms with Crippen LogP contribution in [0.2, 0.25) is 0 Å². The lowest BCUT2D eigenvalue weighted by Gasteiger charge is -2.29. The first-order valence-corrected chi connectivity index (χ1v) is 19.3. The van der Waals surface area contributed by atoms with Crippen molar-refractivity contribution in [3.63, 3.8) is 0 Å². The highest BCUT2D eigenvalue weighted by atomic mass is 15.1. The molecule has 0 aliphatic carbocycles. The molecule has 0 saturated heterocycles. The second-order valence-electron chi connectivity index (χ2n) is 14.4. The van der Waals surface area contributed by atoms with Crippen LogP contribution in [0.4, 0.5) is 34.1 Å². The van der Waals surface area contributed by atoms with E-state index in [2.05, 4.69) is 242 Å². The highest BCUT2D eigenvalue weighted by Gasteiger charge is 2.22. The molecule has 0 unspecified atom stereocenters. The van der Waals surface area contributed by atoms with E-state index in [0.717, 1.165) is 39.6 Å². The Balaban J connectivity index is 1.07. The smallest absolute Gasteiger partial charge is 0.0618 e. The molecule has 0 aliphatic heterocycles. The predicted octanol–water partition coefficient (Wildman–Crippen LogP) is 15.4. The van der Waals surface area contributed by atoms with E-state index in [0.29, 0.717) is 0 Å². The van der Waals surface area contributed by atoms with Crippen LogP contribution >= 0.6 is 0 Å². The van der Waals surface area contributed by atoms with E-state index < -0.39 is 0 Å². The van der Waals surface area contributed by atoms with Gasteiger partial charge in [-0.05, 0) is 108 Å². The molecule has 0 saturated carbocycles. The van der Waals surface area contributed by atoms with Crippen molar-refractivity contribution in [2.24, 2.45) is 0 Å². The first kappa shape index (κ1) is 34.6. The van der Waals surface area contributed by atoms with Gasteiger partial charge < -0.3 is 9.80 Å². The minimum Gasteiger partial charge on any atom is -0.311 e. The maximum absolute atomic E-state index is 2.43. The largest absolute Gasteiger partial charge is 0.311 e. The van der Waals surface area contributed by atoms with Gasteiger partial charge >= 0.3 is 0 Å². The summed E-state index contributed by atoms with van der Waals surface area (Å²) in [5.74, 6) is 0. The Kier molecular flexibility index (Phi) is 9.45. The number of anilines is 6. The Bertz CT molecular complexity index is 2630. The van der Waals surface area contributed by atoms with Crippen molar-refractivity contribution in [2.75, 3.05) is 9.80 Å². The molecule has 0 aliphatic rings. The van der Waals surface area contributed by atoms with Gasteiger partial charge in [0.1, 0.15) is 0 Å². The third-order valence-corrected chi connectivity index (χ3v) is 10.6.